The van der Waals surface area contributed by atoms with Crippen molar-refractivity contribution in [2.24, 2.45) is 5.92 Å². The number of carbonyl (C=O) groups is 1. The molecule has 1 saturated carbocycles. The highest BCUT2D eigenvalue weighted by Gasteiger charge is 2.24. The fourth-order valence-electron chi connectivity index (χ4n) is 3.02. The highest BCUT2D eigenvalue weighted by molar-refractivity contribution is 6.09. The maximum Gasteiger partial charge on any atom is 0.271 e. The van der Waals surface area contributed by atoms with E-state index in [1.165, 1.54) is 18.6 Å². The molecule has 1 aliphatic rings. The van der Waals surface area contributed by atoms with Gasteiger partial charge in [-0.15, -0.1) is 0 Å². The van der Waals surface area contributed by atoms with Crippen molar-refractivity contribution in [1.29, 1.82) is 0 Å². The first-order chi connectivity index (χ1) is 9.66. The molecule has 0 aliphatic heterocycles. The second-order valence-electron chi connectivity index (χ2n) is 5.39. The third-order valence-corrected chi connectivity index (χ3v) is 4.12. The Morgan fingerprint density at radius 2 is 2.00 bits per heavy atom. The number of ketones is 1. The zero-order valence-electron chi connectivity index (χ0n) is 11.1. The summed E-state index contributed by atoms with van der Waals surface area (Å²) in [6.45, 7) is 0. The smallest absolute Gasteiger partial charge is 0.271 e. The van der Waals surface area contributed by atoms with Gasteiger partial charge < -0.3 is 4.98 Å². The minimum atomic E-state index is -0.428. The summed E-state index contributed by atoms with van der Waals surface area (Å²) in [5.74, 6) is 0.280. The fourth-order valence-corrected chi connectivity index (χ4v) is 3.02. The van der Waals surface area contributed by atoms with Crippen molar-refractivity contribution in [3.63, 3.8) is 0 Å². The summed E-state index contributed by atoms with van der Waals surface area (Å²) in [6.07, 6.45) is 7.04. The van der Waals surface area contributed by atoms with E-state index in [1.54, 1.807) is 12.3 Å². The van der Waals surface area contributed by atoms with E-state index in [-0.39, 0.29) is 17.4 Å². The second-order valence-corrected chi connectivity index (χ2v) is 5.39. The van der Waals surface area contributed by atoms with Crippen molar-refractivity contribution >= 4 is 22.4 Å². The lowest BCUT2D eigenvalue weighted by molar-refractivity contribution is -0.384. The quantitative estimate of drug-likeness (QED) is 0.524. The van der Waals surface area contributed by atoms with Crippen molar-refractivity contribution in [2.45, 2.75) is 32.1 Å². The molecule has 0 amide bonds. The van der Waals surface area contributed by atoms with Crippen LogP contribution in [0.4, 0.5) is 5.69 Å². The van der Waals surface area contributed by atoms with E-state index in [2.05, 4.69) is 4.98 Å². The summed E-state index contributed by atoms with van der Waals surface area (Å²) < 4.78 is 0. The number of aromatic nitrogens is 1. The van der Waals surface area contributed by atoms with Gasteiger partial charge in [0.15, 0.2) is 5.78 Å². The van der Waals surface area contributed by atoms with Crippen LogP contribution in [0.2, 0.25) is 0 Å². The topological polar surface area (TPSA) is 76.0 Å². The van der Waals surface area contributed by atoms with Crippen molar-refractivity contribution < 1.29 is 9.72 Å². The van der Waals surface area contributed by atoms with Gasteiger partial charge in [-0.2, -0.15) is 0 Å². The molecule has 1 aromatic heterocycles. The largest absolute Gasteiger partial charge is 0.360 e. The van der Waals surface area contributed by atoms with Gasteiger partial charge in [0, 0.05) is 35.2 Å². The maximum atomic E-state index is 12.5. The Labute approximate surface area is 116 Å². The Balaban J connectivity index is 1.95. The predicted molar refractivity (Wildman–Crippen MR) is 75.9 cm³/mol. The molecular formula is C15H16N2O3. The van der Waals surface area contributed by atoms with Gasteiger partial charge in [-0.05, 0) is 18.9 Å². The first-order valence-electron chi connectivity index (χ1n) is 6.96. The van der Waals surface area contributed by atoms with Crippen LogP contribution >= 0.6 is 0 Å². The van der Waals surface area contributed by atoms with Gasteiger partial charge in [-0.25, -0.2) is 0 Å². The van der Waals surface area contributed by atoms with Gasteiger partial charge in [-0.3, -0.25) is 14.9 Å². The second kappa shape index (κ2) is 5.07. The van der Waals surface area contributed by atoms with E-state index in [4.69, 9.17) is 0 Å². The van der Waals surface area contributed by atoms with E-state index >= 15 is 0 Å². The van der Waals surface area contributed by atoms with Crippen LogP contribution in [0, 0.1) is 16.0 Å². The molecule has 0 saturated heterocycles. The summed E-state index contributed by atoms with van der Waals surface area (Å²) in [7, 11) is 0. The van der Waals surface area contributed by atoms with Crippen LogP contribution < -0.4 is 0 Å². The Morgan fingerprint density at radius 1 is 1.25 bits per heavy atom. The standard InChI is InChI=1S/C15H16N2O3/c18-15(10-4-2-1-3-5-10)13-9-16-14-8-11(17(19)20)6-7-12(13)14/h6-10,16H,1-5H2. The molecule has 3 rings (SSSR count). The van der Waals surface area contributed by atoms with Crippen molar-refractivity contribution in [1.82, 2.24) is 4.98 Å². The zero-order valence-corrected chi connectivity index (χ0v) is 11.1. The lowest BCUT2D eigenvalue weighted by atomic mass is 9.84. The Hall–Kier alpha value is -2.17. The summed E-state index contributed by atoms with van der Waals surface area (Å²) in [6, 6.07) is 4.60. The van der Waals surface area contributed by atoms with Gasteiger partial charge >= 0.3 is 0 Å². The molecule has 2 aromatic rings. The molecule has 0 atom stereocenters. The molecule has 20 heavy (non-hydrogen) atoms. The van der Waals surface area contributed by atoms with Crippen LogP contribution in [0.5, 0.6) is 0 Å². The molecule has 0 unspecified atom stereocenters. The molecule has 0 spiro atoms. The number of benzene rings is 1. The predicted octanol–water partition coefficient (Wildman–Crippen LogP) is 3.84. The van der Waals surface area contributed by atoms with E-state index < -0.39 is 4.92 Å². The number of rotatable bonds is 3. The number of fused-ring (bicyclic) bond motifs is 1. The van der Waals surface area contributed by atoms with E-state index in [0.29, 0.717) is 11.1 Å². The van der Waals surface area contributed by atoms with Crippen molar-refractivity contribution in [3.05, 3.63) is 40.1 Å². The van der Waals surface area contributed by atoms with E-state index in [0.717, 1.165) is 31.1 Å². The van der Waals surface area contributed by atoms with Gasteiger partial charge in [-0.1, -0.05) is 19.3 Å². The molecule has 1 aliphatic carbocycles. The summed E-state index contributed by atoms with van der Waals surface area (Å²) in [4.78, 5) is 25.8. The normalized spacial score (nSPS) is 16.4. The number of carbonyl (C=O) groups excluding carboxylic acids is 1. The van der Waals surface area contributed by atoms with Crippen molar-refractivity contribution in [2.75, 3.05) is 0 Å². The average Bonchev–Trinajstić information content (AvgIpc) is 2.90. The van der Waals surface area contributed by atoms with Gasteiger partial charge in [0.05, 0.1) is 10.4 Å². The van der Waals surface area contributed by atoms with Crippen LogP contribution in [0.15, 0.2) is 24.4 Å². The summed E-state index contributed by atoms with van der Waals surface area (Å²) in [5, 5.41) is 11.5. The number of nitrogens with zero attached hydrogens (tertiary/aromatic N) is 1. The lowest BCUT2D eigenvalue weighted by Gasteiger charge is -2.19. The molecule has 1 heterocycles. The Kier molecular flexibility index (Phi) is 3.26. The molecule has 1 fully saturated rings. The van der Waals surface area contributed by atoms with Crippen LogP contribution in [0.1, 0.15) is 42.5 Å². The first-order valence-corrected chi connectivity index (χ1v) is 6.96. The monoisotopic (exact) mass is 272 g/mol. The fraction of sp³-hybridized carbons (Fsp3) is 0.400. The SMILES string of the molecule is O=C(c1c[nH]c2cc([N+](=O)[O-])ccc12)C1CCCCC1. The molecule has 104 valence electrons. The Bertz CT molecular complexity index is 669. The number of hydrogen-bond acceptors (Lipinski definition) is 3. The molecular weight excluding hydrogens is 256 g/mol. The number of hydrogen-bond donors (Lipinski definition) is 1. The van der Waals surface area contributed by atoms with Crippen molar-refractivity contribution in [3.8, 4) is 0 Å². The number of nitrogens with one attached hydrogen (secondary N) is 1. The van der Waals surface area contributed by atoms with Crippen LogP contribution in [-0.2, 0) is 0 Å². The third-order valence-electron chi connectivity index (χ3n) is 4.12. The number of aromatic amines is 1. The molecule has 1 aromatic carbocycles. The molecule has 0 bridgehead atoms. The maximum absolute atomic E-state index is 12.5. The summed E-state index contributed by atoms with van der Waals surface area (Å²) >= 11 is 0. The zero-order chi connectivity index (χ0) is 14.1. The van der Waals surface area contributed by atoms with Gasteiger partial charge in [0.2, 0.25) is 0 Å². The number of nitro groups is 1. The van der Waals surface area contributed by atoms with Crippen LogP contribution in [-0.4, -0.2) is 15.7 Å². The van der Waals surface area contributed by atoms with Gasteiger partial charge in [0.1, 0.15) is 0 Å². The van der Waals surface area contributed by atoms with Gasteiger partial charge in [0.25, 0.3) is 5.69 Å². The van der Waals surface area contributed by atoms with E-state index in [1.807, 2.05) is 0 Å². The molecule has 5 heteroatoms. The Morgan fingerprint density at radius 3 is 2.70 bits per heavy atom. The number of nitro benzene ring substituents is 1. The highest BCUT2D eigenvalue weighted by Crippen LogP contribution is 2.30. The van der Waals surface area contributed by atoms with Crippen LogP contribution in [0.3, 0.4) is 0 Å². The minimum absolute atomic E-state index is 0.0380. The first kappa shape index (κ1) is 12.8. The number of Topliss-reactive ketones (excluding diaryl/α,β-unsaturated/α-hetero) is 1. The minimum Gasteiger partial charge on any atom is -0.360 e. The van der Waals surface area contributed by atoms with Crippen LogP contribution in [0.25, 0.3) is 10.9 Å². The molecule has 0 radical (unpaired) electrons. The third kappa shape index (κ3) is 2.19. The summed E-state index contributed by atoms with van der Waals surface area (Å²) in [5.41, 5.74) is 1.36. The number of non-ortho nitro benzene ring substituents is 1. The number of H-pyrrole nitrogens is 1. The molecule has 5 nitrogen and oxygen atoms in total. The average molecular weight is 272 g/mol. The lowest BCUT2D eigenvalue weighted by Crippen LogP contribution is -2.17. The van der Waals surface area contributed by atoms with E-state index in [9.17, 15) is 14.9 Å². The molecule has 1 N–H and O–H groups in total. The highest BCUT2D eigenvalue weighted by atomic mass is 16.6.